The molecule has 0 saturated carbocycles. The van der Waals surface area contributed by atoms with Crippen LogP contribution in [-0.2, 0) is 13.6 Å². The molecule has 104 valence electrons. The van der Waals surface area contributed by atoms with Gasteiger partial charge in [0.15, 0.2) is 0 Å². The minimum atomic E-state index is 0.518. The van der Waals surface area contributed by atoms with Gasteiger partial charge in [0.25, 0.3) is 0 Å². The first-order chi connectivity index (χ1) is 8.54. The van der Waals surface area contributed by atoms with E-state index in [2.05, 4.69) is 31.2 Å². The molecule has 0 aromatic carbocycles. The van der Waals surface area contributed by atoms with Crippen molar-refractivity contribution in [3.8, 4) is 5.88 Å². The monoisotopic (exact) mass is 253 g/mol. The Morgan fingerprint density at radius 3 is 2.44 bits per heavy atom. The Balaban J connectivity index is 2.68. The van der Waals surface area contributed by atoms with Crippen LogP contribution in [0.2, 0.25) is 0 Å². The molecule has 0 amide bonds. The van der Waals surface area contributed by atoms with Crippen molar-refractivity contribution in [2.24, 2.45) is 13.0 Å². The molecule has 1 heterocycles. The summed E-state index contributed by atoms with van der Waals surface area (Å²) < 4.78 is 7.20. The van der Waals surface area contributed by atoms with Crippen molar-refractivity contribution in [2.45, 2.75) is 53.1 Å². The maximum atomic E-state index is 5.40. The van der Waals surface area contributed by atoms with Crippen LogP contribution in [-0.4, -0.2) is 22.9 Å². The quantitative estimate of drug-likeness (QED) is 0.812. The van der Waals surface area contributed by atoms with Gasteiger partial charge in [-0.15, -0.1) is 0 Å². The van der Waals surface area contributed by atoms with Crippen LogP contribution in [0.1, 0.15) is 44.9 Å². The molecule has 0 aliphatic heterocycles. The fraction of sp³-hybridized carbons (Fsp3) is 0.786. The molecule has 1 aromatic heterocycles. The van der Waals surface area contributed by atoms with Gasteiger partial charge in [-0.3, -0.25) is 0 Å². The molecule has 0 aliphatic rings. The Kier molecular flexibility index (Phi) is 5.66. The molecule has 1 aromatic rings. The molecule has 0 spiro atoms. The largest absolute Gasteiger partial charge is 0.481 e. The lowest BCUT2D eigenvalue weighted by Gasteiger charge is -2.22. The van der Waals surface area contributed by atoms with Crippen LogP contribution in [0, 0.1) is 12.8 Å². The predicted molar refractivity (Wildman–Crippen MR) is 74.9 cm³/mol. The third kappa shape index (κ3) is 3.25. The molecule has 0 saturated heterocycles. The molecular formula is C14H27N3O. The smallest absolute Gasteiger partial charge is 0.216 e. The fourth-order valence-electron chi connectivity index (χ4n) is 2.57. The second kappa shape index (κ2) is 6.78. The van der Waals surface area contributed by atoms with Gasteiger partial charge in [0.2, 0.25) is 5.88 Å². The van der Waals surface area contributed by atoms with Crippen molar-refractivity contribution in [2.75, 3.05) is 7.11 Å². The van der Waals surface area contributed by atoms with Gasteiger partial charge in [-0.25, -0.2) is 4.68 Å². The molecule has 18 heavy (non-hydrogen) atoms. The van der Waals surface area contributed by atoms with Crippen molar-refractivity contribution in [1.29, 1.82) is 0 Å². The van der Waals surface area contributed by atoms with Gasteiger partial charge in [0.1, 0.15) is 0 Å². The number of methoxy groups -OCH3 is 1. The number of hydrogen-bond donors (Lipinski definition) is 1. The molecule has 1 unspecified atom stereocenters. The van der Waals surface area contributed by atoms with Gasteiger partial charge < -0.3 is 10.1 Å². The Bertz CT molecular complexity index is 369. The molecule has 1 atom stereocenters. The Labute approximate surface area is 111 Å². The van der Waals surface area contributed by atoms with Crippen molar-refractivity contribution in [3.05, 3.63) is 11.3 Å². The maximum Gasteiger partial charge on any atom is 0.216 e. The van der Waals surface area contributed by atoms with Crippen LogP contribution in [0.3, 0.4) is 0 Å². The van der Waals surface area contributed by atoms with E-state index in [1.807, 2.05) is 14.0 Å². The average molecular weight is 253 g/mol. The Morgan fingerprint density at radius 1 is 1.33 bits per heavy atom. The zero-order valence-corrected chi connectivity index (χ0v) is 12.6. The summed E-state index contributed by atoms with van der Waals surface area (Å²) in [4.78, 5) is 0. The summed E-state index contributed by atoms with van der Waals surface area (Å²) >= 11 is 0. The zero-order chi connectivity index (χ0) is 13.7. The van der Waals surface area contributed by atoms with Gasteiger partial charge in [0, 0.05) is 19.6 Å². The lowest BCUT2D eigenvalue weighted by Crippen LogP contribution is -2.32. The first-order valence-electron chi connectivity index (χ1n) is 6.84. The standard InChI is InChI=1S/C14H27N3O/c1-7-12(8-2)10(3)15-9-13-11(4)16-17(5)14(13)18-6/h10,12,15H,7-9H2,1-6H3. The first kappa shape index (κ1) is 15.0. The van der Waals surface area contributed by atoms with Crippen LogP contribution in [0.5, 0.6) is 5.88 Å². The summed E-state index contributed by atoms with van der Waals surface area (Å²) in [6, 6.07) is 0.518. The molecule has 0 radical (unpaired) electrons. The number of aryl methyl sites for hydroxylation is 2. The molecule has 4 heteroatoms. The summed E-state index contributed by atoms with van der Waals surface area (Å²) in [5.41, 5.74) is 2.21. The van der Waals surface area contributed by atoms with E-state index in [-0.39, 0.29) is 0 Å². The minimum absolute atomic E-state index is 0.518. The fourth-order valence-corrected chi connectivity index (χ4v) is 2.57. The SMILES string of the molecule is CCC(CC)C(C)NCc1c(C)nn(C)c1OC. The lowest BCUT2D eigenvalue weighted by molar-refractivity contribution is 0.343. The average Bonchev–Trinajstić information content (AvgIpc) is 2.62. The molecule has 1 rings (SSSR count). The molecule has 0 fully saturated rings. The van der Waals surface area contributed by atoms with Gasteiger partial charge in [-0.05, 0) is 19.8 Å². The topological polar surface area (TPSA) is 39.1 Å². The minimum Gasteiger partial charge on any atom is -0.481 e. The van der Waals surface area contributed by atoms with Gasteiger partial charge >= 0.3 is 0 Å². The van der Waals surface area contributed by atoms with Crippen LogP contribution >= 0.6 is 0 Å². The van der Waals surface area contributed by atoms with Crippen LogP contribution in [0.4, 0.5) is 0 Å². The highest BCUT2D eigenvalue weighted by atomic mass is 16.5. The van der Waals surface area contributed by atoms with E-state index in [9.17, 15) is 0 Å². The highest BCUT2D eigenvalue weighted by Crippen LogP contribution is 2.21. The second-order valence-corrected chi connectivity index (χ2v) is 4.94. The van der Waals surface area contributed by atoms with E-state index in [0.717, 1.165) is 29.6 Å². The first-order valence-corrected chi connectivity index (χ1v) is 6.84. The maximum absolute atomic E-state index is 5.40. The number of nitrogens with zero attached hydrogens (tertiary/aromatic N) is 2. The molecule has 0 bridgehead atoms. The second-order valence-electron chi connectivity index (χ2n) is 4.94. The third-order valence-corrected chi connectivity index (χ3v) is 3.84. The van der Waals surface area contributed by atoms with Crippen molar-refractivity contribution >= 4 is 0 Å². The number of rotatable bonds is 7. The normalized spacial score (nSPS) is 13.1. The Hall–Kier alpha value is -1.03. The van der Waals surface area contributed by atoms with Crippen LogP contribution in [0.15, 0.2) is 0 Å². The number of hydrogen-bond acceptors (Lipinski definition) is 3. The number of ether oxygens (including phenoxy) is 1. The molecule has 1 N–H and O–H groups in total. The van der Waals surface area contributed by atoms with E-state index in [4.69, 9.17) is 4.74 Å². The Morgan fingerprint density at radius 2 is 1.94 bits per heavy atom. The van der Waals surface area contributed by atoms with Crippen LogP contribution < -0.4 is 10.1 Å². The van der Waals surface area contributed by atoms with Gasteiger partial charge in [0.05, 0.1) is 18.4 Å². The summed E-state index contributed by atoms with van der Waals surface area (Å²) in [6.45, 7) is 9.61. The summed E-state index contributed by atoms with van der Waals surface area (Å²) in [5.74, 6) is 1.59. The predicted octanol–water partition coefficient (Wildman–Crippen LogP) is 2.65. The zero-order valence-electron chi connectivity index (χ0n) is 12.6. The number of nitrogens with one attached hydrogen (secondary N) is 1. The molecule has 0 aliphatic carbocycles. The van der Waals surface area contributed by atoms with Crippen molar-refractivity contribution in [3.63, 3.8) is 0 Å². The molecule has 4 nitrogen and oxygen atoms in total. The highest BCUT2D eigenvalue weighted by molar-refractivity contribution is 5.30. The third-order valence-electron chi connectivity index (χ3n) is 3.84. The van der Waals surface area contributed by atoms with Crippen molar-refractivity contribution < 1.29 is 4.74 Å². The van der Waals surface area contributed by atoms with E-state index < -0.39 is 0 Å². The van der Waals surface area contributed by atoms with Gasteiger partial charge in [-0.2, -0.15) is 5.10 Å². The summed E-state index contributed by atoms with van der Waals surface area (Å²) in [5, 5.41) is 7.99. The number of aromatic nitrogens is 2. The van der Waals surface area contributed by atoms with E-state index >= 15 is 0 Å². The summed E-state index contributed by atoms with van der Waals surface area (Å²) in [7, 11) is 3.62. The van der Waals surface area contributed by atoms with E-state index in [1.54, 1.807) is 11.8 Å². The van der Waals surface area contributed by atoms with Crippen LogP contribution in [0.25, 0.3) is 0 Å². The molecular weight excluding hydrogens is 226 g/mol. The van der Waals surface area contributed by atoms with Gasteiger partial charge in [-0.1, -0.05) is 26.7 Å². The van der Waals surface area contributed by atoms with E-state index in [0.29, 0.717) is 6.04 Å². The van der Waals surface area contributed by atoms with Crippen molar-refractivity contribution in [1.82, 2.24) is 15.1 Å². The van der Waals surface area contributed by atoms with E-state index in [1.165, 1.54) is 12.8 Å². The highest BCUT2D eigenvalue weighted by Gasteiger charge is 2.17. The lowest BCUT2D eigenvalue weighted by atomic mass is 9.95. The summed E-state index contributed by atoms with van der Waals surface area (Å²) in [6.07, 6.45) is 2.43.